The first kappa shape index (κ1) is 11.3. The lowest BCUT2D eigenvalue weighted by atomic mass is 10.2. The van der Waals surface area contributed by atoms with Crippen molar-refractivity contribution in [2.24, 2.45) is 0 Å². The van der Waals surface area contributed by atoms with Gasteiger partial charge in [0.1, 0.15) is 11.4 Å². The molecule has 2 rings (SSSR count). The van der Waals surface area contributed by atoms with Gasteiger partial charge in [0.2, 0.25) is 5.95 Å². The molecule has 0 unspecified atom stereocenters. The van der Waals surface area contributed by atoms with Gasteiger partial charge in [-0.05, 0) is 17.7 Å². The number of nitrogens with zero attached hydrogens (tertiary/aromatic N) is 2. The summed E-state index contributed by atoms with van der Waals surface area (Å²) in [6.45, 7) is -5.71. The van der Waals surface area contributed by atoms with Crippen molar-refractivity contribution < 1.29 is 30.6 Å². The Kier molecular flexibility index (Phi) is 3.19. The van der Waals surface area contributed by atoms with Crippen LogP contribution in [0.1, 0.15) is 18.8 Å². The van der Waals surface area contributed by atoms with Crippen LogP contribution in [0, 0.1) is 5.95 Å². The summed E-state index contributed by atoms with van der Waals surface area (Å²) in [5.41, 5.74) is -0.862. The number of aromatic nitrogens is 2. The fourth-order valence-corrected chi connectivity index (χ4v) is 1.47. The summed E-state index contributed by atoms with van der Waals surface area (Å²) in [7, 11) is 0. The third-order valence-corrected chi connectivity index (χ3v) is 2.22. The molecule has 0 bridgehead atoms. The van der Waals surface area contributed by atoms with E-state index in [1.54, 1.807) is 0 Å². The number of carboxylic acid groups (broad SMARTS) is 1. The zero-order valence-corrected chi connectivity index (χ0v) is 9.76. The second-order valence-corrected chi connectivity index (χ2v) is 3.59. The van der Waals surface area contributed by atoms with Crippen LogP contribution in [0.15, 0.2) is 30.6 Å². The summed E-state index contributed by atoms with van der Waals surface area (Å²) in [4.78, 5) is 14.4. The average Bonchev–Trinajstić information content (AvgIpc) is 2.82. The normalized spacial score (nSPS) is 13.0. The van der Waals surface area contributed by atoms with Crippen molar-refractivity contribution >= 4 is 5.97 Å². The fraction of sp³-hybridized carbons (Fsp3) is 0.167. The van der Waals surface area contributed by atoms with Gasteiger partial charge in [-0.15, -0.1) is 0 Å². The number of hydrogen-bond acceptors (Lipinski definition) is 3. The highest BCUT2D eigenvalue weighted by molar-refractivity contribution is 5.86. The molecule has 0 fully saturated rings. The Morgan fingerprint density at radius 3 is 2.90 bits per heavy atom. The van der Waals surface area contributed by atoms with E-state index in [4.69, 9.17) is 7.85 Å². The van der Waals surface area contributed by atoms with Crippen molar-refractivity contribution in [3.8, 4) is 5.75 Å². The van der Waals surface area contributed by atoms with Gasteiger partial charge in [0, 0.05) is 25.0 Å². The van der Waals surface area contributed by atoms with Crippen molar-refractivity contribution in [3.05, 3.63) is 47.8 Å². The van der Waals surface area contributed by atoms with Gasteiger partial charge in [0.25, 0.3) is 0 Å². The second-order valence-electron chi connectivity index (χ2n) is 3.59. The van der Waals surface area contributed by atoms with Crippen LogP contribution in [0.5, 0.6) is 5.75 Å². The van der Waals surface area contributed by atoms with Gasteiger partial charge >= 0.3 is 12.6 Å². The molecule has 0 atom stereocenters. The average molecular weight is 288 g/mol. The first-order valence-corrected chi connectivity index (χ1v) is 5.25. The quantitative estimate of drug-likeness (QED) is 0.858. The maximum atomic E-state index is 13.1. The van der Waals surface area contributed by atoms with Gasteiger partial charge in [-0.25, -0.2) is 9.78 Å². The minimum Gasteiger partial charge on any atom is -0.477 e. The van der Waals surface area contributed by atoms with Crippen LogP contribution in [-0.4, -0.2) is 27.2 Å². The zero-order chi connectivity index (χ0) is 16.5. The minimum absolute atomic E-state index is 0.235. The van der Waals surface area contributed by atoms with E-state index in [2.05, 4.69) is 9.72 Å². The van der Waals surface area contributed by atoms with E-state index in [9.17, 15) is 18.0 Å². The van der Waals surface area contributed by atoms with Crippen molar-refractivity contribution in [2.75, 3.05) is 0 Å². The molecule has 1 N–H and O–H groups in total. The van der Waals surface area contributed by atoms with Gasteiger partial charge in [0.15, 0.2) is 0 Å². The van der Waals surface area contributed by atoms with E-state index in [1.807, 2.05) is 0 Å². The molecule has 0 aliphatic rings. The fourth-order valence-electron chi connectivity index (χ4n) is 1.47. The Bertz CT molecular complexity index is 707. The van der Waals surface area contributed by atoms with Gasteiger partial charge < -0.3 is 14.4 Å². The number of rotatable bonds is 5. The van der Waals surface area contributed by atoms with Gasteiger partial charge in [0.05, 0.1) is 2.74 Å². The molecule has 0 aliphatic carbocycles. The van der Waals surface area contributed by atoms with Crippen LogP contribution in [0.4, 0.5) is 13.2 Å². The predicted molar refractivity (Wildman–Crippen MR) is 61.3 cm³/mol. The van der Waals surface area contributed by atoms with Gasteiger partial charge in [-0.2, -0.15) is 13.2 Å². The smallest absolute Gasteiger partial charge is 0.387 e. The number of hydrogen-bond donors (Lipinski definition) is 1. The highest BCUT2D eigenvalue weighted by Crippen LogP contribution is 2.20. The molecule has 2 aromatic rings. The molecule has 2 aromatic heterocycles. The Balaban J connectivity index is 2.53. The van der Waals surface area contributed by atoms with Crippen molar-refractivity contribution in [3.63, 3.8) is 0 Å². The topological polar surface area (TPSA) is 64.4 Å². The molecule has 0 saturated carbocycles. The number of halogens is 3. The van der Waals surface area contributed by atoms with Gasteiger partial charge in [-0.3, -0.25) is 0 Å². The highest BCUT2D eigenvalue weighted by atomic mass is 19.3. The van der Waals surface area contributed by atoms with Gasteiger partial charge in [-0.1, -0.05) is 0 Å². The van der Waals surface area contributed by atoms with E-state index >= 15 is 0 Å². The zero-order valence-electron chi connectivity index (χ0n) is 11.8. The summed E-state index contributed by atoms with van der Waals surface area (Å²) < 4.78 is 58.1. The lowest BCUT2D eigenvalue weighted by Crippen LogP contribution is -2.08. The molecule has 0 saturated heterocycles. The van der Waals surface area contributed by atoms with Crippen LogP contribution in [-0.2, 0) is 6.50 Å². The van der Waals surface area contributed by atoms with Crippen LogP contribution >= 0.6 is 0 Å². The van der Waals surface area contributed by atoms with E-state index in [-0.39, 0.29) is 5.56 Å². The standard InChI is InChI=1S/C12H9F3N2O3/c13-10-3-7(1-2-16-10)5-17-6-8(20-12(14)15)4-9(17)11(18)19/h1-4,6,12H,5H2,(H,18,19)/i5D2. The Labute approximate surface area is 114 Å². The molecule has 2 heterocycles. The van der Waals surface area contributed by atoms with E-state index < -0.39 is 36.5 Å². The second kappa shape index (κ2) is 5.64. The number of carboxylic acids is 1. The van der Waals surface area contributed by atoms with Crippen molar-refractivity contribution in [1.82, 2.24) is 9.55 Å². The van der Waals surface area contributed by atoms with Crippen LogP contribution in [0.25, 0.3) is 0 Å². The highest BCUT2D eigenvalue weighted by Gasteiger charge is 2.16. The lowest BCUT2D eigenvalue weighted by Gasteiger charge is -2.06. The summed E-state index contributed by atoms with van der Waals surface area (Å²) in [5.74, 6) is -3.04. The minimum atomic E-state index is -3.19. The van der Waals surface area contributed by atoms with Crippen LogP contribution in [0.2, 0.25) is 0 Å². The molecule has 0 aliphatic heterocycles. The Hall–Kier alpha value is -2.51. The first-order chi connectivity index (χ1) is 10.2. The number of carbonyl (C=O) groups is 1. The maximum Gasteiger partial charge on any atom is 0.387 e. The molecule has 0 spiro atoms. The largest absolute Gasteiger partial charge is 0.477 e. The van der Waals surface area contributed by atoms with Crippen molar-refractivity contribution in [2.45, 2.75) is 13.1 Å². The lowest BCUT2D eigenvalue weighted by molar-refractivity contribution is -0.0498. The maximum absolute atomic E-state index is 13.1. The molecular formula is C12H9F3N2O3. The van der Waals surface area contributed by atoms with Crippen LogP contribution < -0.4 is 4.74 Å². The third kappa shape index (κ3) is 3.28. The SMILES string of the molecule is [2H]C([2H])(c1ccnc(F)c1)n1cc(OC(F)F)cc1C(=O)O. The molecule has 8 heteroatoms. The third-order valence-electron chi connectivity index (χ3n) is 2.22. The molecular weight excluding hydrogens is 277 g/mol. The predicted octanol–water partition coefficient (Wildman–Crippen LogP) is 2.37. The summed E-state index contributed by atoms with van der Waals surface area (Å²) in [5, 5.41) is 9.06. The molecule has 20 heavy (non-hydrogen) atoms. The summed E-state index contributed by atoms with van der Waals surface area (Å²) in [6.07, 6.45) is 1.77. The number of ether oxygens (including phenoxy) is 1. The van der Waals surface area contributed by atoms with Crippen LogP contribution in [0.3, 0.4) is 0 Å². The van der Waals surface area contributed by atoms with E-state index in [0.29, 0.717) is 4.57 Å². The molecule has 5 nitrogen and oxygen atoms in total. The summed E-state index contributed by atoms with van der Waals surface area (Å²) >= 11 is 0. The van der Waals surface area contributed by atoms with E-state index in [1.165, 1.54) is 0 Å². The molecule has 106 valence electrons. The number of alkyl halides is 2. The van der Waals surface area contributed by atoms with Crippen molar-refractivity contribution in [1.29, 1.82) is 0 Å². The Morgan fingerprint density at radius 1 is 1.55 bits per heavy atom. The molecule has 0 radical (unpaired) electrons. The molecule has 0 aromatic carbocycles. The molecule has 0 amide bonds. The monoisotopic (exact) mass is 288 g/mol. The van der Waals surface area contributed by atoms with E-state index in [0.717, 1.165) is 30.6 Å². The number of aromatic carboxylic acids is 1. The summed E-state index contributed by atoms with van der Waals surface area (Å²) in [6, 6.07) is 2.67. The number of pyridine rings is 1. The first-order valence-electron chi connectivity index (χ1n) is 6.25. The Morgan fingerprint density at radius 2 is 2.30 bits per heavy atom.